The number of benzene rings is 2. The number of nitrogens with zero attached hydrogens (tertiary/aromatic N) is 2. The molecule has 1 aliphatic heterocycles. The molecule has 0 saturated heterocycles. The van der Waals surface area contributed by atoms with Gasteiger partial charge in [0.1, 0.15) is 22.8 Å². The third-order valence-corrected chi connectivity index (χ3v) is 4.63. The van der Waals surface area contributed by atoms with Crippen LogP contribution in [0.25, 0.3) is 28.1 Å². The van der Waals surface area contributed by atoms with Crippen LogP contribution in [-0.2, 0) is 6.42 Å². The Morgan fingerprint density at radius 2 is 1.96 bits per heavy atom. The molecule has 5 heteroatoms. The molecular formula is C20H17N3O2. The Morgan fingerprint density at radius 3 is 2.76 bits per heavy atom. The van der Waals surface area contributed by atoms with Crippen molar-refractivity contribution in [1.29, 1.82) is 0 Å². The minimum Gasteiger partial charge on any atom is -0.497 e. The van der Waals surface area contributed by atoms with Crippen molar-refractivity contribution < 1.29 is 9.15 Å². The summed E-state index contributed by atoms with van der Waals surface area (Å²) in [5, 5.41) is 9.38. The Bertz CT molecular complexity index is 1030. The Kier molecular flexibility index (Phi) is 3.06. The molecule has 0 aliphatic carbocycles. The van der Waals surface area contributed by atoms with Crippen LogP contribution in [-0.4, -0.2) is 23.4 Å². The first kappa shape index (κ1) is 14.2. The quantitative estimate of drug-likeness (QED) is 0.609. The Labute approximate surface area is 144 Å². The molecule has 5 rings (SSSR count). The van der Waals surface area contributed by atoms with Crippen LogP contribution in [0.15, 0.2) is 59.0 Å². The van der Waals surface area contributed by atoms with Gasteiger partial charge in [-0.15, -0.1) is 0 Å². The van der Waals surface area contributed by atoms with Crippen molar-refractivity contribution in [3.05, 3.63) is 60.2 Å². The zero-order chi connectivity index (χ0) is 16.8. The molecule has 0 bridgehead atoms. The van der Waals surface area contributed by atoms with Crippen LogP contribution in [0.3, 0.4) is 0 Å². The zero-order valence-corrected chi connectivity index (χ0v) is 13.8. The van der Waals surface area contributed by atoms with E-state index in [1.807, 2.05) is 47.1 Å². The summed E-state index contributed by atoms with van der Waals surface area (Å²) in [5.41, 5.74) is 3.99. The van der Waals surface area contributed by atoms with Crippen molar-refractivity contribution in [2.24, 2.45) is 0 Å². The summed E-state index contributed by atoms with van der Waals surface area (Å²) < 4.78 is 13.2. The molecule has 0 unspecified atom stereocenters. The van der Waals surface area contributed by atoms with E-state index in [4.69, 9.17) is 14.3 Å². The van der Waals surface area contributed by atoms with Gasteiger partial charge in [0.2, 0.25) is 0 Å². The molecule has 124 valence electrons. The maximum atomic E-state index is 6.04. The Balaban J connectivity index is 1.66. The van der Waals surface area contributed by atoms with E-state index in [1.54, 1.807) is 7.11 Å². The van der Waals surface area contributed by atoms with Crippen LogP contribution in [0.1, 0.15) is 5.56 Å². The maximum absolute atomic E-state index is 6.04. The highest BCUT2D eigenvalue weighted by Crippen LogP contribution is 2.37. The van der Waals surface area contributed by atoms with Crippen molar-refractivity contribution in [3.8, 4) is 22.9 Å². The summed E-state index contributed by atoms with van der Waals surface area (Å²) >= 11 is 0. The molecule has 4 aromatic rings. The summed E-state index contributed by atoms with van der Waals surface area (Å²) in [5.74, 6) is 2.69. The molecule has 0 spiro atoms. The van der Waals surface area contributed by atoms with Crippen LogP contribution in [0.5, 0.6) is 5.75 Å². The Hall–Kier alpha value is -3.21. The largest absolute Gasteiger partial charge is 0.497 e. The van der Waals surface area contributed by atoms with Gasteiger partial charge < -0.3 is 14.5 Å². The van der Waals surface area contributed by atoms with Gasteiger partial charge in [-0.1, -0.05) is 18.2 Å². The number of anilines is 1. The molecule has 5 nitrogen and oxygen atoms in total. The maximum Gasteiger partial charge on any atom is 0.156 e. The molecule has 2 aromatic heterocycles. The van der Waals surface area contributed by atoms with E-state index < -0.39 is 0 Å². The van der Waals surface area contributed by atoms with Crippen molar-refractivity contribution >= 4 is 16.8 Å². The summed E-state index contributed by atoms with van der Waals surface area (Å²) in [6.45, 7) is 0.913. The van der Waals surface area contributed by atoms with Crippen molar-refractivity contribution in [2.75, 3.05) is 19.0 Å². The number of furan rings is 1. The number of nitrogens with one attached hydrogen (secondary N) is 1. The van der Waals surface area contributed by atoms with E-state index in [0.29, 0.717) is 0 Å². The summed E-state index contributed by atoms with van der Waals surface area (Å²) in [7, 11) is 1.67. The van der Waals surface area contributed by atoms with Crippen molar-refractivity contribution in [3.63, 3.8) is 0 Å². The first-order chi connectivity index (χ1) is 12.3. The lowest BCUT2D eigenvalue weighted by Crippen LogP contribution is -2.04. The minimum absolute atomic E-state index is 0.813. The molecule has 0 saturated carbocycles. The monoisotopic (exact) mass is 331 g/mol. The fourth-order valence-electron chi connectivity index (χ4n) is 3.38. The molecule has 0 radical (unpaired) electrons. The molecule has 0 fully saturated rings. The molecule has 1 aliphatic rings. The summed E-state index contributed by atoms with van der Waals surface area (Å²) in [6, 6.07) is 18.0. The summed E-state index contributed by atoms with van der Waals surface area (Å²) in [6.07, 6.45) is 0.942. The second-order valence-electron chi connectivity index (χ2n) is 6.11. The first-order valence-electron chi connectivity index (χ1n) is 8.32. The number of fused-ring (bicyclic) bond motifs is 2. The van der Waals surface area contributed by atoms with Crippen LogP contribution in [0, 0.1) is 0 Å². The van der Waals surface area contributed by atoms with Gasteiger partial charge in [-0.2, -0.15) is 5.10 Å². The van der Waals surface area contributed by atoms with Crippen LogP contribution in [0.4, 0.5) is 5.82 Å². The topological polar surface area (TPSA) is 52.2 Å². The van der Waals surface area contributed by atoms with Gasteiger partial charge in [0, 0.05) is 17.5 Å². The third-order valence-electron chi connectivity index (χ3n) is 4.63. The van der Waals surface area contributed by atoms with E-state index in [1.165, 1.54) is 5.56 Å². The lowest BCUT2D eigenvalue weighted by atomic mass is 10.1. The highest BCUT2D eigenvalue weighted by Gasteiger charge is 2.25. The fourth-order valence-corrected chi connectivity index (χ4v) is 3.38. The van der Waals surface area contributed by atoms with E-state index >= 15 is 0 Å². The van der Waals surface area contributed by atoms with Gasteiger partial charge in [-0.25, -0.2) is 4.68 Å². The van der Waals surface area contributed by atoms with Gasteiger partial charge >= 0.3 is 0 Å². The van der Waals surface area contributed by atoms with E-state index in [0.717, 1.165) is 52.6 Å². The standard InChI is InChI=1S/C20H17N3O2/c1-24-15-8-6-14(7-9-15)23-20-16(10-11-21-20)19(22-23)18-12-13-4-2-3-5-17(13)25-18/h2-9,12,21H,10-11H2,1H3. The van der Waals surface area contributed by atoms with Gasteiger partial charge in [0.05, 0.1) is 12.8 Å². The molecule has 2 aromatic carbocycles. The number of rotatable bonds is 3. The average Bonchev–Trinajstić information content (AvgIpc) is 3.36. The average molecular weight is 331 g/mol. The first-order valence-corrected chi connectivity index (χ1v) is 8.32. The summed E-state index contributed by atoms with van der Waals surface area (Å²) in [4.78, 5) is 0. The van der Waals surface area contributed by atoms with Crippen LogP contribution < -0.4 is 10.1 Å². The molecule has 3 heterocycles. The normalized spacial score (nSPS) is 13.0. The molecule has 0 amide bonds. The number of para-hydroxylation sites is 1. The molecule has 25 heavy (non-hydrogen) atoms. The predicted molar refractivity (Wildman–Crippen MR) is 97.5 cm³/mol. The van der Waals surface area contributed by atoms with Gasteiger partial charge in [0.15, 0.2) is 5.76 Å². The smallest absolute Gasteiger partial charge is 0.156 e. The highest BCUT2D eigenvalue weighted by atomic mass is 16.5. The van der Waals surface area contributed by atoms with E-state index in [-0.39, 0.29) is 0 Å². The lowest BCUT2D eigenvalue weighted by molar-refractivity contribution is 0.414. The van der Waals surface area contributed by atoms with Crippen LogP contribution >= 0.6 is 0 Å². The molecular weight excluding hydrogens is 314 g/mol. The number of methoxy groups -OCH3 is 1. The fraction of sp³-hybridized carbons (Fsp3) is 0.150. The molecule has 1 N–H and O–H groups in total. The lowest BCUT2D eigenvalue weighted by Gasteiger charge is -2.07. The number of hydrogen-bond donors (Lipinski definition) is 1. The van der Waals surface area contributed by atoms with Gasteiger partial charge in [-0.3, -0.25) is 0 Å². The highest BCUT2D eigenvalue weighted by molar-refractivity contribution is 5.83. The number of ether oxygens (including phenoxy) is 1. The number of aromatic nitrogens is 2. The van der Waals surface area contributed by atoms with E-state index in [2.05, 4.69) is 17.4 Å². The van der Waals surface area contributed by atoms with E-state index in [9.17, 15) is 0 Å². The van der Waals surface area contributed by atoms with Crippen molar-refractivity contribution in [1.82, 2.24) is 9.78 Å². The SMILES string of the molecule is COc1ccc(-n2nc(-c3cc4ccccc4o3)c3c2NCC3)cc1. The van der Waals surface area contributed by atoms with Crippen molar-refractivity contribution in [2.45, 2.75) is 6.42 Å². The molecule has 0 atom stereocenters. The minimum atomic E-state index is 0.813. The Morgan fingerprint density at radius 1 is 1.12 bits per heavy atom. The van der Waals surface area contributed by atoms with Gasteiger partial charge in [0.25, 0.3) is 0 Å². The second kappa shape index (κ2) is 5.41. The van der Waals surface area contributed by atoms with Gasteiger partial charge in [-0.05, 0) is 42.8 Å². The second-order valence-corrected chi connectivity index (χ2v) is 6.11. The third kappa shape index (κ3) is 2.20. The zero-order valence-electron chi connectivity index (χ0n) is 13.8. The number of hydrogen-bond acceptors (Lipinski definition) is 4. The predicted octanol–water partition coefficient (Wildman–Crippen LogP) is 4.26. The van der Waals surface area contributed by atoms with Crippen LogP contribution in [0.2, 0.25) is 0 Å².